The SMILES string of the molecule is CN1CCCN(c2ccc(N)cc2C(N)=O)CC1=O. The standard InChI is InChI=1S/C13H18N4O2/c1-16-5-2-6-17(8-12(16)18)11-4-3-9(14)7-10(11)13(15)19/h3-4,7H,2,5-6,8,14H2,1H3,(H2,15,19). The van der Waals surface area contributed by atoms with E-state index in [-0.39, 0.29) is 12.5 Å². The summed E-state index contributed by atoms with van der Waals surface area (Å²) in [4.78, 5) is 27.0. The molecule has 1 heterocycles. The Balaban J connectivity index is 2.35. The van der Waals surface area contributed by atoms with Crippen molar-refractivity contribution in [2.45, 2.75) is 6.42 Å². The Morgan fingerprint density at radius 1 is 1.32 bits per heavy atom. The summed E-state index contributed by atoms with van der Waals surface area (Å²) in [6, 6.07) is 5.01. The van der Waals surface area contributed by atoms with Gasteiger partial charge < -0.3 is 21.3 Å². The maximum atomic E-state index is 11.9. The lowest BCUT2D eigenvalue weighted by Crippen LogP contribution is -2.35. The molecule has 1 aromatic carbocycles. The van der Waals surface area contributed by atoms with Crippen molar-refractivity contribution in [3.8, 4) is 0 Å². The summed E-state index contributed by atoms with van der Waals surface area (Å²) in [6.45, 7) is 1.68. The highest BCUT2D eigenvalue weighted by Gasteiger charge is 2.22. The molecule has 0 aliphatic carbocycles. The highest BCUT2D eigenvalue weighted by atomic mass is 16.2. The summed E-state index contributed by atoms with van der Waals surface area (Å²) < 4.78 is 0. The molecule has 0 saturated carbocycles. The van der Waals surface area contributed by atoms with E-state index in [1.54, 1.807) is 30.1 Å². The number of hydrogen-bond donors (Lipinski definition) is 2. The van der Waals surface area contributed by atoms with E-state index in [4.69, 9.17) is 11.5 Å². The van der Waals surface area contributed by atoms with Crippen LogP contribution in [0.25, 0.3) is 0 Å². The number of carbonyl (C=O) groups is 2. The molecule has 0 unspecified atom stereocenters. The summed E-state index contributed by atoms with van der Waals surface area (Å²) in [5.74, 6) is -0.503. The molecule has 1 aliphatic heterocycles. The Bertz CT molecular complexity index is 515. The lowest BCUT2D eigenvalue weighted by Gasteiger charge is -2.24. The van der Waals surface area contributed by atoms with E-state index in [1.165, 1.54) is 0 Å². The summed E-state index contributed by atoms with van der Waals surface area (Å²) in [5, 5.41) is 0. The zero-order valence-corrected chi connectivity index (χ0v) is 10.9. The van der Waals surface area contributed by atoms with Gasteiger partial charge in [-0.1, -0.05) is 0 Å². The van der Waals surface area contributed by atoms with Crippen LogP contribution in [0.1, 0.15) is 16.8 Å². The summed E-state index contributed by atoms with van der Waals surface area (Å²) in [6.07, 6.45) is 0.852. The van der Waals surface area contributed by atoms with Crippen LogP contribution in [0.15, 0.2) is 18.2 Å². The normalized spacial score (nSPS) is 16.4. The molecule has 6 nitrogen and oxygen atoms in total. The average molecular weight is 262 g/mol. The van der Waals surface area contributed by atoms with Gasteiger partial charge in [0, 0.05) is 25.8 Å². The molecule has 102 valence electrons. The number of nitrogens with zero attached hydrogens (tertiary/aromatic N) is 2. The van der Waals surface area contributed by atoms with Gasteiger partial charge in [0.25, 0.3) is 5.91 Å². The van der Waals surface area contributed by atoms with Crippen LogP contribution < -0.4 is 16.4 Å². The molecule has 0 aromatic heterocycles. The minimum Gasteiger partial charge on any atom is -0.399 e. The Morgan fingerprint density at radius 3 is 2.74 bits per heavy atom. The lowest BCUT2D eigenvalue weighted by atomic mass is 10.1. The molecule has 2 rings (SSSR count). The minimum atomic E-state index is -0.535. The quantitative estimate of drug-likeness (QED) is 0.736. The molecular weight excluding hydrogens is 244 g/mol. The third-order valence-corrected chi connectivity index (χ3v) is 3.30. The molecular formula is C13H18N4O2. The van der Waals surface area contributed by atoms with Gasteiger partial charge in [-0.15, -0.1) is 0 Å². The number of anilines is 2. The van der Waals surface area contributed by atoms with Crippen LogP contribution >= 0.6 is 0 Å². The van der Waals surface area contributed by atoms with E-state index in [0.717, 1.165) is 13.0 Å². The number of benzene rings is 1. The summed E-state index contributed by atoms with van der Waals surface area (Å²) >= 11 is 0. The van der Waals surface area contributed by atoms with Crippen LogP contribution in [0.3, 0.4) is 0 Å². The molecule has 19 heavy (non-hydrogen) atoms. The number of nitrogen functional groups attached to an aromatic ring is 1. The van der Waals surface area contributed by atoms with Crippen molar-refractivity contribution in [1.29, 1.82) is 0 Å². The Hall–Kier alpha value is -2.24. The van der Waals surface area contributed by atoms with Gasteiger partial charge in [0.2, 0.25) is 5.91 Å². The Kier molecular flexibility index (Phi) is 3.59. The fraction of sp³-hybridized carbons (Fsp3) is 0.385. The predicted molar refractivity (Wildman–Crippen MR) is 73.8 cm³/mol. The van der Waals surface area contributed by atoms with E-state index >= 15 is 0 Å². The fourth-order valence-corrected chi connectivity index (χ4v) is 2.22. The number of nitrogens with two attached hydrogens (primary N) is 2. The molecule has 0 spiro atoms. The molecule has 1 aromatic rings. The highest BCUT2D eigenvalue weighted by Crippen LogP contribution is 2.24. The third kappa shape index (κ3) is 2.78. The van der Waals surface area contributed by atoms with Crippen LogP contribution in [-0.2, 0) is 4.79 Å². The van der Waals surface area contributed by atoms with Gasteiger partial charge in [-0.05, 0) is 24.6 Å². The maximum Gasteiger partial charge on any atom is 0.250 e. The van der Waals surface area contributed by atoms with E-state index in [1.807, 2.05) is 4.90 Å². The molecule has 2 amide bonds. The first-order chi connectivity index (χ1) is 8.99. The lowest BCUT2D eigenvalue weighted by molar-refractivity contribution is -0.127. The third-order valence-electron chi connectivity index (χ3n) is 3.30. The molecule has 0 atom stereocenters. The van der Waals surface area contributed by atoms with Gasteiger partial charge in [-0.3, -0.25) is 9.59 Å². The summed E-state index contributed by atoms with van der Waals surface area (Å²) in [7, 11) is 1.78. The van der Waals surface area contributed by atoms with Gasteiger partial charge in [0.15, 0.2) is 0 Å². The van der Waals surface area contributed by atoms with E-state index in [9.17, 15) is 9.59 Å². The molecule has 1 saturated heterocycles. The number of rotatable bonds is 2. The van der Waals surface area contributed by atoms with Crippen molar-refractivity contribution in [3.05, 3.63) is 23.8 Å². The van der Waals surface area contributed by atoms with Gasteiger partial charge in [0.05, 0.1) is 17.8 Å². The Morgan fingerprint density at radius 2 is 2.05 bits per heavy atom. The number of likely N-dealkylation sites (N-methyl/N-ethyl adjacent to an activating group) is 1. The first-order valence-electron chi connectivity index (χ1n) is 6.17. The first-order valence-corrected chi connectivity index (χ1v) is 6.17. The smallest absolute Gasteiger partial charge is 0.250 e. The van der Waals surface area contributed by atoms with E-state index in [2.05, 4.69) is 0 Å². The van der Waals surface area contributed by atoms with E-state index < -0.39 is 5.91 Å². The van der Waals surface area contributed by atoms with Crippen molar-refractivity contribution in [2.75, 3.05) is 37.3 Å². The van der Waals surface area contributed by atoms with Crippen LogP contribution in [0, 0.1) is 0 Å². The molecule has 0 radical (unpaired) electrons. The van der Waals surface area contributed by atoms with Crippen molar-refractivity contribution in [2.24, 2.45) is 5.73 Å². The van der Waals surface area contributed by atoms with Crippen molar-refractivity contribution >= 4 is 23.2 Å². The summed E-state index contributed by atoms with van der Waals surface area (Å²) in [5.41, 5.74) is 12.6. The van der Waals surface area contributed by atoms with Crippen LogP contribution in [0.5, 0.6) is 0 Å². The van der Waals surface area contributed by atoms with Crippen molar-refractivity contribution in [3.63, 3.8) is 0 Å². The van der Waals surface area contributed by atoms with Crippen molar-refractivity contribution in [1.82, 2.24) is 4.90 Å². The zero-order chi connectivity index (χ0) is 14.0. The zero-order valence-electron chi connectivity index (χ0n) is 10.9. The fourth-order valence-electron chi connectivity index (χ4n) is 2.22. The second-order valence-corrected chi connectivity index (χ2v) is 4.73. The minimum absolute atomic E-state index is 0.0322. The van der Waals surface area contributed by atoms with E-state index in [0.29, 0.717) is 23.5 Å². The first kappa shape index (κ1) is 13.2. The number of primary amides is 1. The molecule has 1 fully saturated rings. The monoisotopic (exact) mass is 262 g/mol. The van der Waals surface area contributed by atoms with Gasteiger partial charge in [-0.2, -0.15) is 0 Å². The van der Waals surface area contributed by atoms with Crippen LogP contribution in [0.2, 0.25) is 0 Å². The molecule has 1 aliphatic rings. The highest BCUT2D eigenvalue weighted by molar-refractivity contribution is 6.00. The largest absolute Gasteiger partial charge is 0.399 e. The van der Waals surface area contributed by atoms with Gasteiger partial charge in [0.1, 0.15) is 0 Å². The predicted octanol–water partition coefficient (Wildman–Crippen LogP) is 0.0362. The topological polar surface area (TPSA) is 92.7 Å². The van der Waals surface area contributed by atoms with Crippen molar-refractivity contribution < 1.29 is 9.59 Å². The maximum absolute atomic E-state index is 11.9. The molecule has 6 heteroatoms. The van der Waals surface area contributed by atoms with Gasteiger partial charge in [-0.25, -0.2) is 0 Å². The molecule has 4 N–H and O–H groups in total. The van der Waals surface area contributed by atoms with Crippen LogP contribution in [0.4, 0.5) is 11.4 Å². The second kappa shape index (κ2) is 5.17. The van der Waals surface area contributed by atoms with Crippen LogP contribution in [-0.4, -0.2) is 43.4 Å². The number of amides is 2. The number of hydrogen-bond acceptors (Lipinski definition) is 4. The van der Waals surface area contributed by atoms with Gasteiger partial charge >= 0.3 is 0 Å². The Labute approximate surface area is 112 Å². The molecule has 0 bridgehead atoms. The average Bonchev–Trinajstić information content (AvgIpc) is 2.52. The second-order valence-electron chi connectivity index (χ2n) is 4.73. The number of carbonyl (C=O) groups excluding carboxylic acids is 2.